The van der Waals surface area contributed by atoms with E-state index in [1.807, 2.05) is 0 Å². The second kappa shape index (κ2) is 3.31. The van der Waals surface area contributed by atoms with E-state index in [-0.39, 0.29) is 5.97 Å². The number of carbonyl (C=O) groups is 1. The smallest absolute Gasteiger partial charge is 0.309 e. The molecule has 0 bridgehead atoms. The van der Waals surface area contributed by atoms with E-state index < -0.39 is 0 Å². The minimum atomic E-state index is -0.373. The van der Waals surface area contributed by atoms with Crippen molar-refractivity contribution in [1.82, 2.24) is 9.97 Å². The number of aromatic nitrogens is 2. The fourth-order valence-electron chi connectivity index (χ4n) is 1.17. The van der Waals surface area contributed by atoms with Gasteiger partial charge >= 0.3 is 5.97 Å². The van der Waals surface area contributed by atoms with Crippen LogP contribution in [-0.2, 0) is 4.79 Å². The summed E-state index contributed by atoms with van der Waals surface area (Å²) in [5.74, 6) is 0.00456. The molecule has 2 aromatic rings. The normalized spacial score (nSPS) is 10.4. The maximum absolute atomic E-state index is 10.7. The average molecular weight is 211 g/mol. The Bertz CT molecular complexity index is 493. The number of pyridine rings is 1. The summed E-state index contributed by atoms with van der Waals surface area (Å²) in [6.45, 7) is 1.34. The standard InChI is InChI=1S/C9H7ClN2O2/c1-5(13)14-9-4-7-6(12-9)2-3-8(10)11-7/h2-4,12H,1H3. The van der Waals surface area contributed by atoms with Gasteiger partial charge in [0.1, 0.15) is 5.15 Å². The zero-order valence-corrected chi connectivity index (χ0v) is 8.13. The number of carbonyl (C=O) groups excluding carboxylic acids is 1. The zero-order chi connectivity index (χ0) is 10.1. The van der Waals surface area contributed by atoms with Crippen LogP contribution in [0.5, 0.6) is 5.88 Å². The van der Waals surface area contributed by atoms with E-state index >= 15 is 0 Å². The fraction of sp³-hybridized carbons (Fsp3) is 0.111. The zero-order valence-electron chi connectivity index (χ0n) is 7.37. The molecule has 0 spiro atoms. The van der Waals surface area contributed by atoms with E-state index in [0.717, 1.165) is 5.52 Å². The van der Waals surface area contributed by atoms with Crippen molar-refractivity contribution in [3.8, 4) is 5.88 Å². The Morgan fingerprint density at radius 2 is 2.36 bits per heavy atom. The highest BCUT2D eigenvalue weighted by Crippen LogP contribution is 2.20. The number of ether oxygens (including phenoxy) is 1. The second-order valence-electron chi connectivity index (χ2n) is 2.79. The molecule has 4 nitrogen and oxygen atoms in total. The summed E-state index contributed by atoms with van der Waals surface area (Å²) in [5.41, 5.74) is 1.46. The first-order valence-electron chi connectivity index (χ1n) is 3.99. The highest BCUT2D eigenvalue weighted by molar-refractivity contribution is 6.29. The van der Waals surface area contributed by atoms with Crippen molar-refractivity contribution in [2.24, 2.45) is 0 Å². The molecular formula is C9H7ClN2O2. The lowest BCUT2D eigenvalue weighted by molar-refractivity contribution is -0.132. The lowest BCUT2D eigenvalue weighted by Gasteiger charge is -1.93. The van der Waals surface area contributed by atoms with Crippen molar-refractivity contribution in [2.75, 3.05) is 0 Å². The number of esters is 1. The van der Waals surface area contributed by atoms with Crippen molar-refractivity contribution < 1.29 is 9.53 Å². The van der Waals surface area contributed by atoms with Crippen LogP contribution in [0.2, 0.25) is 5.15 Å². The molecule has 2 rings (SSSR count). The molecule has 0 aliphatic rings. The van der Waals surface area contributed by atoms with Gasteiger partial charge in [-0.25, -0.2) is 4.98 Å². The third kappa shape index (κ3) is 1.70. The highest BCUT2D eigenvalue weighted by atomic mass is 35.5. The SMILES string of the molecule is CC(=O)Oc1cc2nc(Cl)ccc2[nH]1. The van der Waals surface area contributed by atoms with Crippen LogP contribution in [0.15, 0.2) is 18.2 Å². The lowest BCUT2D eigenvalue weighted by Crippen LogP contribution is -2.00. The predicted molar refractivity (Wildman–Crippen MR) is 52.4 cm³/mol. The van der Waals surface area contributed by atoms with Gasteiger partial charge in [-0.15, -0.1) is 0 Å². The molecule has 0 fully saturated rings. The van der Waals surface area contributed by atoms with Crippen LogP contribution in [0.1, 0.15) is 6.92 Å². The number of hydrogen-bond donors (Lipinski definition) is 1. The van der Waals surface area contributed by atoms with Crippen LogP contribution in [-0.4, -0.2) is 15.9 Å². The Hall–Kier alpha value is -1.55. The van der Waals surface area contributed by atoms with Crippen molar-refractivity contribution in [3.05, 3.63) is 23.4 Å². The van der Waals surface area contributed by atoms with Crippen LogP contribution in [0, 0.1) is 0 Å². The molecule has 72 valence electrons. The van der Waals surface area contributed by atoms with Gasteiger partial charge in [-0.1, -0.05) is 11.6 Å². The maximum atomic E-state index is 10.7. The average Bonchev–Trinajstić information content (AvgIpc) is 2.44. The summed E-state index contributed by atoms with van der Waals surface area (Å²) >= 11 is 5.70. The number of H-pyrrole nitrogens is 1. The van der Waals surface area contributed by atoms with E-state index in [4.69, 9.17) is 16.3 Å². The number of aromatic amines is 1. The van der Waals surface area contributed by atoms with Gasteiger partial charge in [0.15, 0.2) is 0 Å². The van der Waals surface area contributed by atoms with E-state index in [2.05, 4.69) is 9.97 Å². The molecule has 0 atom stereocenters. The molecule has 0 aliphatic heterocycles. The first kappa shape index (κ1) is 9.02. The molecule has 5 heteroatoms. The molecular weight excluding hydrogens is 204 g/mol. The van der Waals surface area contributed by atoms with Gasteiger partial charge in [-0.05, 0) is 12.1 Å². The van der Waals surface area contributed by atoms with Crippen LogP contribution < -0.4 is 4.74 Å². The molecule has 0 unspecified atom stereocenters. The molecule has 2 aromatic heterocycles. The van der Waals surface area contributed by atoms with Crippen molar-refractivity contribution in [2.45, 2.75) is 6.92 Å². The molecule has 0 amide bonds. The second-order valence-corrected chi connectivity index (χ2v) is 3.18. The molecule has 0 aliphatic carbocycles. The minimum absolute atomic E-state index is 0.373. The number of halogens is 1. The molecule has 0 aromatic carbocycles. The number of fused-ring (bicyclic) bond motifs is 1. The van der Waals surface area contributed by atoms with Crippen LogP contribution in [0.4, 0.5) is 0 Å². The number of rotatable bonds is 1. The van der Waals surface area contributed by atoms with Crippen LogP contribution in [0.25, 0.3) is 11.0 Å². The first-order chi connectivity index (χ1) is 6.65. The van der Waals surface area contributed by atoms with Gasteiger partial charge in [-0.3, -0.25) is 4.79 Å². The summed E-state index contributed by atoms with van der Waals surface area (Å²) in [7, 11) is 0. The largest absolute Gasteiger partial charge is 0.410 e. The van der Waals surface area contributed by atoms with Gasteiger partial charge in [0.05, 0.1) is 11.0 Å². The van der Waals surface area contributed by atoms with E-state index in [1.165, 1.54) is 6.92 Å². The van der Waals surface area contributed by atoms with Crippen LogP contribution in [0.3, 0.4) is 0 Å². The molecule has 0 radical (unpaired) electrons. The summed E-state index contributed by atoms with van der Waals surface area (Å²) < 4.78 is 4.86. The third-order valence-electron chi connectivity index (χ3n) is 1.67. The summed E-state index contributed by atoms with van der Waals surface area (Å²) in [5, 5.41) is 0.408. The predicted octanol–water partition coefficient (Wildman–Crippen LogP) is 2.14. The van der Waals surface area contributed by atoms with Gasteiger partial charge in [0, 0.05) is 13.0 Å². The Morgan fingerprint density at radius 1 is 1.57 bits per heavy atom. The Morgan fingerprint density at radius 3 is 3.07 bits per heavy atom. The number of nitrogens with one attached hydrogen (secondary N) is 1. The van der Waals surface area contributed by atoms with Gasteiger partial charge < -0.3 is 9.72 Å². The fourth-order valence-corrected chi connectivity index (χ4v) is 1.32. The lowest BCUT2D eigenvalue weighted by atomic mass is 10.4. The quantitative estimate of drug-likeness (QED) is 0.580. The van der Waals surface area contributed by atoms with Crippen molar-refractivity contribution >= 4 is 28.6 Å². The summed E-state index contributed by atoms with van der Waals surface area (Å²) in [4.78, 5) is 17.6. The minimum Gasteiger partial charge on any atom is -0.410 e. The Balaban J connectivity index is 2.46. The monoisotopic (exact) mass is 210 g/mol. The highest BCUT2D eigenvalue weighted by Gasteiger charge is 2.04. The maximum Gasteiger partial charge on any atom is 0.309 e. The molecule has 0 saturated carbocycles. The van der Waals surface area contributed by atoms with Crippen LogP contribution >= 0.6 is 11.6 Å². The van der Waals surface area contributed by atoms with E-state index in [0.29, 0.717) is 16.5 Å². The Kier molecular flexibility index (Phi) is 2.13. The Labute approximate surface area is 84.9 Å². The van der Waals surface area contributed by atoms with Gasteiger partial charge in [-0.2, -0.15) is 0 Å². The van der Waals surface area contributed by atoms with Crippen molar-refractivity contribution in [3.63, 3.8) is 0 Å². The van der Waals surface area contributed by atoms with Gasteiger partial charge in [0.2, 0.25) is 5.88 Å². The topological polar surface area (TPSA) is 55.0 Å². The summed E-state index contributed by atoms with van der Waals surface area (Å²) in [6, 6.07) is 5.07. The van der Waals surface area contributed by atoms with Crippen molar-refractivity contribution in [1.29, 1.82) is 0 Å². The number of nitrogens with zero attached hydrogens (tertiary/aromatic N) is 1. The van der Waals surface area contributed by atoms with E-state index in [1.54, 1.807) is 18.2 Å². The molecule has 0 saturated heterocycles. The third-order valence-corrected chi connectivity index (χ3v) is 1.88. The molecule has 1 N–H and O–H groups in total. The summed E-state index contributed by atoms with van der Waals surface area (Å²) in [6.07, 6.45) is 0. The van der Waals surface area contributed by atoms with Gasteiger partial charge in [0.25, 0.3) is 0 Å². The van der Waals surface area contributed by atoms with E-state index in [9.17, 15) is 4.79 Å². The first-order valence-corrected chi connectivity index (χ1v) is 4.36. The number of hydrogen-bond acceptors (Lipinski definition) is 3. The molecule has 2 heterocycles. The molecule has 14 heavy (non-hydrogen) atoms.